The average Bonchev–Trinajstić information content (AvgIpc) is 2.45. The second-order valence-corrected chi connectivity index (χ2v) is 6.73. The Morgan fingerprint density at radius 2 is 1.57 bits per heavy atom. The highest BCUT2D eigenvalue weighted by molar-refractivity contribution is 6.12. The topological polar surface area (TPSA) is 40.9 Å². The summed E-state index contributed by atoms with van der Waals surface area (Å²) in [6.07, 6.45) is 1.50. The van der Waals surface area contributed by atoms with Gasteiger partial charge in [0.05, 0.1) is 5.92 Å². The molecule has 21 heavy (non-hydrogen) atoms. The van der Waals surface area contributed by atoms with Gasteiger partial charge in [-0.3, -0.25) is 4.79 Å². The second kappa shape index (κ2) is 8.11. The first-order chi connectivity index (χ1) is 9.84. The first kappa shape index (κ1) is 17.6. The first-order valence-corrected chi connectivity index (χ1v) is 8.01. The third-order valence-electron chi connectivity index (χ3n) is 4.39. The molecule has 0 saturated heterocycles. The number of hydrogen-bond donors (Lipinski definition) is 1. The summed E-state index contributed by atoms with van der Waals surface area (Å²) in [7, 11) is 0. The van der Waals surface area contributed by atoms with Crippen LogP contribution in [0.5, 0.6) is 0 Å². The highest BCUT2D eigenvalue weighted by atomic mass is 16.1. The Labute approximate surface area is 129 Å². The lowest BCUT2D eigenvalue weighted by Gasteiger charge is -2.22. The Bertz CT molecular complexity index is 462. The highest BCUT2D eigenvalue weighted by Gasteiger charge is 2.27. The molecule has 0 aromatic heterocycles. The molecule has 2 heteroatoms. The minimum atomic E-state index is -0.285. The molecule has 0 aliphatic carbocycles. The summed E-state index contributed by atoms with van der Waals surface area (Å²) in [5.74, 6) is 1.24. The van der Waals surface area contributed by atoms with Crippen LogP contribution in [0, 0.1) is 29.1 Å². The molecule has 0 heterocycles. The number of carbonyl (C=O) groups is 1. The van der Waals surface area contributed by atoms with Crippen LogP contribution in [0.3, 0.4) is 0 Å². The molecule has 0 radical (unpaired) electrons. The van der Waals surface area contributed by atoms with E-state index in [2.05, 4.69) is 20.8 Å². The molecule has 2 nitrogen and oxygen atoms in total. The lowest BCUT2D eigenvalue weighted by molar-refractivity contribution is -0.122. The van der Waals surface area contributed by atoms with Crippen molar-refractivity contribution in [1.29, 1.82) is 5.41 Å². The first-order valence-electron chi connectivity index (χ1n) is 8.01. The van der Waals surface area contributed by atoms with Gasteiger partial charge in [-0.25, -0.2) is 0 Å². The molecule has 1 aromatic carbocycles. The summed E-state index contributed by atoms with van der Waals surface area (Å²) in [4.78, 5) is 12.6. The van der Waals surface area contributed by atoms with Gasteiger partial charge in [0.25, 0.3) is 0 Å². The van der Waals surface area contributed by atoms with Gasteiger partial charge in [0.2, 0.25) is 0 Å². The van der Waals surface area contributed by atoms with Crippen LogP contribution in [0.4, 0.5) is 0 Å². The van der Waals surface area contributed by atoms with Crippen molar-refractivity contribution in [2.75, 3.05) is 0 Å². The lowest BCUT2D eigenvalue weighted by Crippen LogP contribution is -2.29. The summed E-state index contributed by atoms with van der Waals surface area (Å²) in [6.45, 7) is 10.7. The quantitative estimate of drug-likeness (QED) is 0.674. The Kier molecular flexibility index (Phi) is 6.80. The number of carbonyl (C=O) groups excluding carboxylic acids is 1. The van der Waals surface area contributed by atoms with Crippen LogP contribution in [-0.2, 0) is 4.79 Å². The molecule has 0 saturated carbocycles. The van der Waals surface area contributed by atoms with Gasteiger partial charge in [0.1, 0.15) is 5.78 Å². The van der Waals surface area contributed by atoms with Crippen molar-refractivity contribution in [3.63, 3.8) is 0 Å². The number of rotatable bonds is 8. The van der Waals surface area contributed by atoms with Crippen LogP contribution < -0.4 is 0 Å². The number of benzene rings is 1. The Morgan fingerprint density at radius 3 is 2.05 bits per heavy atom. The maximum atomic E-state index is 12.6. The van der Waals surface area contributed by atoms with E-state index in [-0.39, 0.29) is 17.6 Å². The predicted molar refractivity (Wildman–Crippen MR) is 89.8 cm³/mol. The van der Waals surface area contributed by atoms with E-state index in [0.29, 0.717) is 24.0 Å². The predicted octanol–water partition coefficient (Wildman–Crippen LogP) is 4.97. The normalized spacial score (nSPS) is 14.2. The molecule has 0 amide bonds. The van der Waals surface area contributed by atoms with E-state index in [1.54, 1.807) is 0 Å². The summed E-state index contributed by atoms with van der Waals surface area (Å²) in [6, 6.07) is 9.62. The standard InChI is InChI=1S/C19H29NO/c1-13(2)15(5)11-12-17(21)18(14(3)4)19(20)16-9-7-6-8-10-16/h6-10,13-15,18,20H,11-12H2,1-5H3. The number of nitrogens with one attached hydrogen (secondary N) is 1. The zero-order chi connectivity index (χ0) is 16.0. The zero-order valence-electron chi connectivity index (χ0n) is 14.0. The largest absolute Gasteiger partial charge is 0.304 e. The molecule has 2 atom stereocenters. The van der Waals surface area contributed by atoms with Crippen LogP contribution in [0.15, 0.2) is 30.3 Å². The van der Waals surface area contributed by atoms with E-state index < -0.39 is 0 Å². The van der Waals surface area contributed by atoms with Crippen molar-refractivity contribution in [3.05, 3.63) is 35.9 Å². The fourth-order valence-electron chi connectivity index (χ4n) is 2.52. The van der Waals surface area contributed by atoms with E-state index >= 15 is 0 Å². The lowest BCUT2D eigenvalue weighted by atomic mass is 9.81. The number of hydrogen-bond acceptors (Lipinski definition) is 2. The molecule has 0 aliphatic heterocycles. The maximum absolute atomic E-state index is 12.6. The smallest absolute Gasteiger partial charge is 0.142 e. The van der Waals surface area contributed by atoms with E-state index in [0.717, 1.165) is 12.0 Å². The maximum Gasteiger partial charge on any atom is 0.142 e. The van der Waals surface area contributed by atoms with E-state index in [1.165, 1.54) is 0 Å². The summed E-state index contributed by atoms with van der Waals surface area (Å²) in [5, 5.41) is 8.40. The monoisotopic (exact) mass is 287 g/mol. The molecular weight excluding hydrogens is 258 g/mol. The Morgan fingerprint density at radius 1 is 1.00 bits per heavy atom. The van der Waals surface area contributed by atoms with Gasteiger partial charge in [-0.2, -0.15) is 0 Å². The van der Waals surface area contributed by atoms with Gasteiger partial charge < -0.3 is 5.41 Å². The fraction of sp³-hybridized carbons (Fsp3) is 0.579. The molecule has 1 rings (SSSR count). The van der Waals surface area contributed by atoms with E-state index in [4.69, 9.17) is 5.41 Å². The molecule has 0 spiro atoms. The highest BCUT2D eigenvalue weighted by Crippen LogP contribution is 2.23. The third-order valence-corrected chi connectivity index (χ3v) is 4.39. The van der Waals surface area contributed by atoms with Crippen molar-refractivity contribution < 1.29 is 4.79 Å². The Hall–Kier alpha value is -1.44. The SMILES string of the molecule is CC(C)C(C)CCC(=O)C(C(=N)c1ccccc1)C(C)C. The second-order valence-electron chi connectivity index (χ2n) is 6.73. The van der Waals surface area contributed by atoms with Crippen LogP contribution in [0.1, 0.15) is 53.0 Å². The number of Topliss-reactive ketones (excluding diaryl/α,β-unsaturated/α-hetero) is 1. The molecule has 0 bridgehead atoms. The molecular formula is C19H29NO. The molecule has 1 aromatic rings. The minimum absolute atomic E-state index is 0.166. The fourth-order valence-corrected chi connectivity index (χ4v) is 2.52. The summed E-state index contributed by atoms with van der Waals surface area (Å²) >= 11 is 0. The van der Waals surface area contributed by atoms with Gasteiger partial charge in [-0.1, -0.05) is 65.0 Å². The minimum Gasteiger partial charge on any atom is -0.304 e. The van der Waals surface area contributed by atoms with Crippen LogP contribution in [0.2, 0.25) is 0 Å². The van der Waals surface area contributed by atoms with Crippen molar-refractivity contribution in [1.82, 2.24) is 0 Å². The summed E-state index contributed by atoms with van der Waals surface area (Å²) < 4.78 is 0. The van der Waals surface area contributed by atoms with Crippen molar-refractivity contribution in [3.8, 4) is 0 Å². The molecule has 116 valence electrons. The molecule has 2 unspecified atom stereocenters. The molecule has 0 aliphatic rings. The average molecular weight is 287 g/mol. The van der Waals surface area contributed by atoms with Gasteiger partial charge in [0.15, 0.2) is 0 Å². The van der Waals surface area contributed by atoms with Gasteiger partial charge >= 0.3 is 0 Å². The Balaban J connectivity index is 2.78. The number of ketones is 1. The van der Waals surface area contributed by atoms with Crippen molar-refractivity contribution in [2.45, 2.75) is 47.5 Å². The molecule has 0 fully saturated rings. The van der Waals surface area contributed by atoms with Crippen LogP contribution >= 0.6 is 0 Å². The van der Waals surface area contributed by atoms with E-state index in [1.807, 2.05) is 44.2 Å². The summed E-state index contributed by atoms with van der Waals surface area (Å²) in [5.41, 5.74) is 1.33. The van der Waals surface area contributed by atoms with Gasteiger partial charge in [-0.05, 0) is 29.7 Å². The zero-order valence-corrected chi connectivity index (χ0v) is 14.0. The molecule has 1 N–H and O–H groups in total. The van der Waals surface area contributed by atoms with Crippen LogP contribution in [-0.4, -0.2) is 11.5 Å². The van der Waals surface area contributed by atoms with Crippen molar-refractivity contribution in [2.24, 2.45) is 23.7 Å². The third kappa shape index (κ3) is 5.11. The van der Waals surface area contributed by atoms with E-state index in [9.17, 15) is 4.79 Å². The van der Waals surface area contributed by atoms with Gasteiger partial charge in [-0.15, -0.1) is 0 Å². The van der Waals surface area contributed by atoms with Crippen LogP contribution in [0.25, 0.3) is 0 Å². The van der Waals surface area contributed by atoms with Crippen molar-refractivity contribution >= 4 is 11.5 Å². The van der Waals surface area contributed by atoms with Gasteiger partial charge in [0, 0.05) is 12.1 Å².